The van der Waals surface area contributed by atoms with Gasteiger partial charge in [0, 0.05) is 6.04 Å². The van der Waals surface area contributed by atoms with E-state index in [9.17, 15) is 4.79 Å². The number of carbonyl (C=O) groups excluding carboxylic acids is 1. The van der Waals surface area contributed by atoms with Gasteiger partial charge in [0.1, 0.15) is 0 Å². The first-order chi connectivity index (χ1) is 8.56. The fourth-order valence-electron chi connectivity index (χ4n) is 2.62. The second-order valence-corrected chi connectivity index (χ2v) is 5.76. The lowest BCUT2D eigenvalue weighted by atomic mass is 9.80. The molecule has 3 N–H and O–H groups in total. The molecule has 4 heteroatoms. The number of hydrogen-bond acceptors (Lipinski definition) is 2. The minimum atomic E-state index is -0.135. The highest BCUT2D eigenvalue weighted by molar-refractivity contribution is 5.74. The molecule has 1 unspecified atom stereocenters. The minimum absolute atomic E-state index is 0.00398. The van der Waals surface area contributed by atoms with Gasteiger partial charge in [-0.25, -0.2) is 4.79 Å². The molecule has 1 aliphatic rings. The first kappa shape index (κ1) is 15.3. The number of amides is 2. The summed E-state index contributed by atoms with van der Waals surface area (Å²) in [5.41, 5.74) is 0. The number of nitrogens with one attached hydrogen (secondary N) is 2. The van der Waals surface area contributed by atoms with E-state index in [1.54, 1.807) is 0 Å². The Morgan fingerprint density at radius 1 is 1.28 bits per heavy atom. The molecule has 0 heterocycles. The summed E-state index contributed by atoms with van der Waals surface area (Å²) in [5, 5.41) is 14.8. The minimum Gasteiger partial charge on any atom is -0.394 e. The molecule has 0 bridgehead atoms. The molecule has 0 aromatic carbocycles. The SMILES string of the molecule is CCC(CO)NC(=O)NC1CCC(C(C)C)CC1. The number of aliphatic hydroxyl groups is 1. The van der Waals surface area contributed by atoms with E-state index in [0.29, 0.717) is 6.04 Å². The zero-order valence-electron chi connectivity index (χ0n) is 11.9. The lowest BCUT2D eigenvalue weighted by Gasteiger charge is -2.31. The van der Waals surface area contributed by atoms with E-state index < -0.39 is 0 Å². The summed E-state index contributed by atoms with van der Waals surface area (Å²) in [5.74, 6) is 1.56. The van der Waals surface area contributed by atoms with Crippen molar-refractivity contribution >= 4 is 6.03 Å². The van der Waals surface area contributed by atoms with Crippen molar-refractivity contribution in [1.82, 2.24) is 10.6 Å². The van der Waals surface area contributed by atoms with Gasteiger partial charge >= 0.3 is 6.03 Å². The van der Waals surface area contributed by atoms with E-state index in [-0.39, 0.29) is 18.7 Å². The monoisotopic (exact) mass is 256 g/mol. The molecule has 1 aliphatic carbocycles. The molecule has 4 nitrogen and oxygen atoms in total. The average molecular weight is 256 g/mol. The molecule has 2 amide bonds. The molecule has 1 fully saturated rings. The van der Waals surface area contributed by atoms with Gasteiger partial charge < -0.3 is 15.7 Å². The molecule has 106 valence electrons. The van der Waals surface area contributed by atoms with Gasteiger partial charge in [0.15, 0.2) is 0 Å². The van der Waals surface area contributed by atoms with E-state index in [2.05, 4.69) is 24.5 Å². The average Bonchev–Trinajstić information content (AvgIpc) is 2.36. The van der Waals surface area contributed by atoms with Crippen molar-refractivity contribution in [1.29, 1.82) is 0 Å². The number of urea groups is 1. The van der Waals surface area contributed by atoms with Gasteiger partial charge in [-0.3, -0.25) is 0 Å². The van der Waals surface area contributed by atoms with Crippen LogP contribution in [0.5, 0.6) is 0 Å². The van der Waals surface area contributed by atoms with E-state index in [4.69, 9.17) is 5.11 Å². The second-order valence-electron chi connectivity index (χ2n) is 5.76. The van der Waals surface area contributed by atoms with Crippen LogP contribution in [-0.2, 0) is 0 Å². The molecule has 1 rings (SSSR count). The molecule has 0 saturated heterocycles. The van der Waals surface area contributed by atoms with Crippen LogP contribution in [0.3, 0.4) is 0 Å². The number of hydrogen-bond donors (Lipinski definition) is 3. The van der Waals surface area contributed by atoms with Crippen LogP contribution < -0.4 is 10.6 Å². The zero-order chi connectivity index (χ0) is 13.5. The Kier molecular flexibility index (Phi) is 6.47. The molecule has 0 spiro atoms. The quantitative estimate of drug-likeness (QED) is 0.706. The van der Waals surface area contributed by atoms with Crippen LogP contribution in [0.25, 0.3) is 0 Å². The van der Waals surface area contributed by atoms with E-state index in [1.165, 1.54) is 12.8 Å². The standard InChI is InChI=1S/C14H28N2O2/c1-4-12(9-17)15-14(18)16-13-7-5-11(6-8-13)10(2)3/h10-13,17H,4-9H2,1-3H3,(H2,15,16,18). The first-order valence-corrected chi connectivity index (χ1v) is 7.24. The number of carbonyl (C=O) groups is 1. The summed E-state index contributed by atoms with van der Waals surface area (Å²) in [6, 6.07) is 0.0390. The van der Waals surface area contributed by atoms with Crippen molar-refractivity contribution in [2.75, 3.05) is 6.61 Å². The maximum Gasteiger partial charge on any atom is 0.315 e. The van der Waals surface area contributed by atoms with Gasteiger partial charge in [-0.1, -0.05) is 20.8 Å². The van der Waals surface area contributed by atoms with Gasteiger partial charge in [-0.2, -0.15) is 0 Å². The van der Waals surface area contributed by atoms with Crippen LogP contribution >= 0.6 is 0 Å². The molecular weight excluding hydrogens is 228 g/mol. The summed E-state index contributed by atoms with van der Waals surface area (Å²) >= 11 is 0. The van der Waals surface area contributed by atoms with Crippen molar-refractivity contribution in [2.45, 2.75) is 65.0 Å². The predicted octanol–water partition coefficient (Wildman–Crippen LogP) is 2.27. The molecule has 0 aromatic heterocycles. The van der Waals surface area contributed by atoms with Crippen LogP contribution in [-0.4, -0.2) is 29.8 Å². The van der Waals surface area contributed by atoms with Crippen molar-refractivity contribution in [3.05, 3.63) is 0 Å². The smallest absolute Gasteiger partial charge is 0.315 e. The maximum absolute atomic E-state index is 11.7. The largest absolute Gasteiger partial charge is 0.394 e. The Morgan fingerprint density at radius 2 is 1.89 bits per heavy atom. The predicted molar refractivity (Wildman–Crippen MR) is 73.4 cm³/mol. The number of rotatable bonds is 5. The van der Waals surface area contributed by atoms with Crippen LogP contribution in [0, 0.1) is 11.8 Å². The van der Waals surface area contributed by atoms with Crippen LogP contribution in [0.1, 0.15) is 52.9 Å². The normalized spacial score (nSPS) is 25.8. The first-order valence-electron chi connectivity index (χ1n) is 7.24. The molecular formula is C14H28N2O2. The fourth-order valence-corrected chi connectivity index (χ4v) is 2.62. The lowest BCUT2D eigenvalue weighted by Crippen LogP contribution is -2.48. The Balaban J connectivity index is 2.26. The lowest BCUT2D eigenvalue weighted by molar-refractivity contribution is 0.200. The van der Waals surface area contributed by atoms with Crippen LogP contribution in [0.15, 0.2) is 0 Å². The molecule has 18 heavy (non-hydrogen) atoms. The molecule has 0 aliphatic heterocycles. The topological polar surface area (TPSA) is 61.4 Å². The highest BCUT2D eigenvalue weighted by atomic mass is 16.3. The third-order valence-electron chi connectivity index (χ3n) is 4.10. The molecule has 1 atom stereocenters. The summed E-state index contributed by atoms with van der Waals surface area (Å²) < 4.78 is 0. The van der Waals surface area contributed by atoms with E-state index in [0.717, 1.165) is 31.1 Å². The number of aliphatic hydroxyl groups excluding tert-OH is 1. The zero-order valence-corrected chi connectivity index (χ0v) is 11.9. The van der Waals surface area contributed by atoms with Crippen molar-refractivity contribution in [3.63, 3.8) is 0 Å². The van der Waals surface area contributed by atoms with Gasteiger partial charge in [0.25, 0.3) is 0 Å². The Hall–Kier alpha value is -0.770. The van der Waals surface area contributed by atoms with E-state index >= 15 is 0 Å². The molecule has 0 aromatic rings. The highest BCUT2D eigenvalue weighted by Crippen LogP contribution is 2.29. The Morgan fingerprint density at radius 3 is 2.33 bits per heavy atom. The third kappa shape index (κ3) is 4.84. The summed E-state index contributed by atoms with van der Waals surface area (Å²) in [7, 11) is 0. The van der Waals surface area contributed by atoms with Crippen LogP contribution in [0.2, 0.25) is 0 Å². The fraction of sp³-hybridized carbons (Fsp3) is 0.929. The molecule has 1 saturated carbocycles. The highest BCUT2D eigenvalue weighted by Gasteiger charge is 2.24. The summed E-state index contributed by atoms with van der Waals surface area (Å²) in [6.45, 7) is 6.51. The van der Waals surface area contributed by atoms with Crippen molar-refractivity contribution < 1.29 is 9.90 Å². The van der Waals surface area contributed by atoms with Gasteiger partial charge in [0.2, 0.25) is 0 Å². The van der Waals surface area contributed by atoms with Crippen LogP contribution in [0.4, 0.5) is 4.79 Å². The Labute approximate surface area is 111 Å². The van der Waals surface area contributed by atoms with Gasteiger partial charge in [0.05, 0.1) is 12.6 Å². The van der Waals surface area contributed by atoms with Crippen molar-refractivity contribution in [2.24, 2.45) is 11.8 Å². The van der Waals surface area contributed by atoms with Gasteiger partial charge in [-0.15, -0.1) is 0 Å². The summed E-state index contributed by atoms with van der Waals surface area (Å²) in [6.07, 6.45) is 5.32. The Bertz CT molecular complexity index is 244. The maximum atomic E-state index is 11.7. The third-order valence-corrected chi connectivity index (χ3v) is 4.10. The molecule has 0 radical (unpaired) electrons. The van der Waals surface area contributed by atoms with Gasteiger partial charge in [-0.05, 0) is 43.9 Å². The second kappa shape index (κ2) is 7.62. The van der Waals surface area contributed by atoms with Crippen molar-refractivity contribution in [3.8, 4) is 0 Å². The van der Waals surface area contributed by atoms with E-state index in [1.807, 2.05) is 6.92 Å². The summed E-state index contributed by atoms with van der Waals surface area (Å²) in [4.78, 5) is 11.7.